The number of methoxy groups -OCH3 is 1. The number of rotatable bonds is 8. The molecular formula is C26H30Cl2N7O3+. The van der Waals surface area contributed by atoms with Crippen molar-refractivity contribution in [1.82, 2.24) is 4.90 Å². The number of anilines is 2. The summed E-state index contributed by atoms with van der Waals surface area (Å²) in [6, 6.07) is 9.31. The minimum atomic E-state index is 0.166. The molecule has 0 radical (unpaired) electrons. The molecule has 3 aliphatic rings. The van der Waals surface area contributed by atoms with E-state index in [-0.39, 0.29) is 6.17 Å². The summed E-state index contributed by atoms with van der Waals surface area (Å²) in [5, 5.41) is 11.8. The number of benzene rings is 2. The van der Waals surface area contributed by atoms with Crippen LogP contribution in [0.5, 0.6) is 11.5 Å². The number of ether oxygens (including phenoxy) is 3. The van der Waals surface area contributed by atoms with Crippen molar-refractivity contribution in [2.24, 2.45) is 9.98 Å². The van der Waals surface area contributed by atoms with Gasteiger partial charge in [-0.2, -0.15) is 10.3 Å². The van der Waals surface area contributed by atoms with Crippen LogP contribution in [0.3, 0.4) is 0 Å². The Morgan fingerprint density at radius 1 is 1.24 bits per heavy atom. The number of hydrogen-bond acceptors (Lipinski definition) is 8. The molecule has 0 aromatic heterocycles. The summed E-state index contributed by atoms with van der Waals surface area (Å²) >= 11 is 12.3. The van der Waals surface area contributed by atoms with E-state index < -0.39 is 0 Å². The van der Waals surface area contributed by atoms with Gasteiger partial charge >= 0.3 is 0 Å². The number of hydrogen-bond donors (Lipinski definition) is 1. The number of hydrazine groups is 1. The van der Waals surface area contributed by atoms with E-state index in [4.69, 9.17) is 42.7 Å². The minimum absolute atomic E-state index is 0.166. The molecule has 2 saturated heterocycles. The summed E-state index contributed by atoms with van der Waals surface area (Å²) in [5.74, 6) is 1.29. The van der Waals surface area contributed by atoms with Gasteiger partial charge in [0.2, 0.25) is 12.9 Å². The van der Waals surface area contributed by atoms with Crippen LogP contribution >= 0.6 is 23.2 Å². The van der Waals surface area contributed by atoms with Crippen LogP contribution < -0.4 is 19.9 Å². The Morgan fingerprint density at radius 2 is 2.08 bits per heavy atom. The van der Waals surface area contributed by atoms with Crippen molar-refractivity contribution in [3.05, 3.63) is 45.9 Å². The van der Waals surface area contributed by atoms with Gasteiger partial charge in [0.05, 0.1) is 48.3 Å². The third-order valence-electron chi connectivity index (χ3n) is 7.25. The van der Waals surface area contributed by atoms with Gasteiger partial charge in [0, 0.05) is 24.6 Å². The van der Waals surface area contributed by atoms with Crippen molar-refractivity contribution in [2.45, 2.75) is 25.6 Å². The number of nitrogens with one attached hydrogen (secondary N) is 1. The maximum atomic E-state index is 8.97. The second kappa shape index (κ2) is 11.7. The molecule has 12 heteroatoms. The number of aliphatic imine (C=N–C) groups is 2. The second-order valence-electron chi connectivity index (χ2n) is 9.46. The maximum Gasteiger partial charge on any atom is 0.225 e. The Morgan fingerprint density at radius 3 is 2.84 bits per heavy atom. The number of halogens is 2. The molecule has 2 aromatic carbocycles. The van der Waals surface area contributed by atoms with E-state index in [0.29, 0.717) is 52.5 Å². The molecule has 1 N–H and O–H groups in total. The zero-order valence-corrected chi connectivity index (χ0v) is 22.7. The first kappa shape index (κ1) is 26.4. The van der Waals surface area contributed by atoms with Gasteiger partial charge in [-0.1, -0.05) is 23.2 Å². The average Bonchev–Trinajstić information content (AvgIpc) is 3.42. The van der Waals surface area contributed by atoms with E-state index in [1.165, 1.54) is 0 Å². The molecule has 0 aliphatic carbocycles. The summed E-state index contributed by atoms with van der Waals surface area (Å²) in [6.07, 6.45) is 7.48. The number of likely N-dealkylation sites (tertiary alicyclic amines) is 1. The van der Waals surface area contributed by atoms with E-state index in [9.17, 15) is 0 Å². The molecule has 2 aromatic rings. The molecule has 5 rings (SSSR count). The Labute approximate surface area is 232 Å². The quantitative estimate of drug-likeness (QED) is 0.220. The SMILES string of the molecule is COc1cc2c(cc1OC[N+]1(C3CCCN3/C=N/C#N)CCOCC1)N(Nc1ccc(Cl)c(Cl)c1)C=NC2. The zero-order valence-electron chi connectivity index (χ0n) is 21.1. The molecule has 0 bridgehead atoms. The van der Waals surface area contributed by atoms with Crippen LogP contribution in [0, 0.1) is 11.5 Å². The zero-order chi connectivity index (χ0) is 26.5. The first-order valence-electron chi connectivity index (χ1n) is 12.5. The monoisotopic (exact) mass is 558 g/mol. The van der Waals surface area contributed by atoms with Crippen LogP contribution in [-0.4, -0.2) is 74.9 Å². The number of nitrogens with zero attached hydrogens (tertiary/aromatic N) is 6. The third kappa shape index (κ3) is 5.47. The summed E-state index contributed by atoms with van der Waals surface area (Å²) in [5.41, 5.74) is 6.00. The normalized spacial score (nSPS) is 20.3. The van der Waals surface area contributed by atoms with Gasteiger partial charge in [0.15, 0.2) is 17.7 Å². The highest BCUT2D eigenvalue weighted by Gasteiger charge is 2.44. The van der Waals surface area contributed by atoms with Crippen molar-refractivity contribution >= 4 is 47.3 Å². The van der Waals surface area contributed by atoms with Crippen LogP contribution in [0.1, 0.15) is 18.4 Å². The molecule has 0 spiro atoms. The van der Waals surface area contributed by atoms with Crippen LogP contribution in [0.25, 0.3) is 0 Å². The predicted octanol–water partition coefficient (Wildman–Crippen LogP) is 4.49. The molecule has 3 aliphatic heterocycles. The fraction of sp³-hybridized carbons (Fsp3) is 0.423. The van der Waals surface area contributed by atoms with Crippen molar-refractivity contribution in [2.75, 3.05) is 57.1 Å². The van der Waals surface area contributed by atoms with Crippen LogP contribution in [0.4, 0.5) is 11.4 Å². The Hall–Kier alpha value is -3.23. The van der Waals surface area contributed by atoms with E-state index in [0.717, 1.165) is 49.4 Å². The molecule has 1 unspecified atom stereocenters. The van der Waals surface area contributed by atoms with Crippen LogP contribution in [0.15, 0.2) is 40.3 Å². The molecule has 0 saturated carbocycles. The standard InChI is InChI=1S/C26H30Cl2N7O3/c1-36-24-11-19-14-30-17-34(32-20-4-5-21(27)22(28)12-20)23(19)13-25(24)38-18-35(7-9-37-10-8-35)26-3-2-6-33(26)16-31-15-29/h4-5,11-13,16-17,26,32H,2-3,6-10,14,18H2,1H3/q+1/b31-16+. The number of nitriles is 1. The van der Waals surface area contributed by atoms with Gasteiger partial charge in [-0.15, -0.1) is 0 Å². The van der Waals surface area contributed by atoms with Gasteiger partial charge in [-0.3, -0.25) is 14.9 Å². The van der Waals surface area contributed by atoms with E-state index in [2.05, 4.69) is 20.3 Å². The van der Waals surface area contributed by atoms with Gasteiger partial charge < -0.3 is 19.1 Å². The number of fused-ring (bicyclic) bond motifs is 1. The highest BCUT2D eigenvalue weighted by molar-refractivity contribution is 6.42. The first-order valence-corrected chi connectivity index (χ1v) is 13.2. The topological polar surface area (TPSA) is 94.7 Å². The number of morpholine rings is 1. The first-order chi connectivity index (χ1) is 18.5. The maximum absolute atomic E-state index is 8.97. The summed E-state index contributed by atoms with van der Waals surface area (Å²) in [7, 11) is 1.64. The molecule has 200 valence electrons. The predicted molar refractivity (Wildman–Crippen MR) is 148 cm³/mol. The average molecular weight is 559 g/mol. The lowest BCUT2D eigenvalue weighted by atomic mass is 10.1. The fourth-order valence-electron chi connectivity index (χ4n) is 5.30. The van der Waals surface area contributed by atoms with E-state index >= 15 is 0 Å². The van der Waals surface area contributed by atoms with Crippen LogP contribution in [-0.2, 0) is 11.3 Å². The van der Waals surface area contributed by atoms with Gasteiger partial charge in [0.1, 0.15) is 25.8 Å². The van der Waals surface area contributed by atoms with Crippen molar-refractivity contribution in [3.63, 3.8) is 0 Å². The summed E-state index contributed by atoms with van der Waals surface area (Å²) in [4.78, 5) is 10.5. The van der Waals surface area contributed by atoms with Gasteiger partial charge in [-0.25, -0.2) is 5.01 Å². The van der Waals surface area contributed by atoms with Gasteiger partial charge in [0.25, 0.3) is 0 Å². The molecule has 0 amide bonds. The lowest BCUT2D eigenvalue weighted by Gasteiger charge is -2.47. The lowest BCUT2D eigenvalue weighted by molar-refractivity contribution is -0.977. The summed E-state index contributed by atoms with van der Waals surface area (Å²) < 4.78 is 18.7. The highest BCUT2D eigenvalue weighted by atomic mass is 35.5. The van der Waals surface area contributed by atoms with Crippen molar-refractivity contribution in [1.29, 1.82) is 5.26 Å². The Balaban J connectivity index is 1.41. The van der Waals surface area contributed by atoms with Crippen molar-refractivity contribution < 1.29 is 18.7 Å². The molecular weight excluding hydrogens is 529 g/mol. The second-order valence-corrected chi connectivity index (χ2v) is 10.3. The fourth-order valence-corrected chi connectivity index (χ4v) is 5.60. The smallest absolute Gasteiger partial charge is 0.225 e. The molecule has 10 nitrogen and oxygen atoms in total. The lowest BCUT2D eigenvalue weighted by Crippen LogP contribution is -2.65. The molecule has 2 fully saturated rings. The molecule has 3 heterocycles. The Bertz CT molecular complexity index is 1260. The van der Waals surface area contributed by atoms with E-state index in [1.54, 1.807) is 31.9 Å². The van der Waals surface area contributed by atoms with E-state index in [1.807, 2.05) is 29.4 Å². The van der Waals surface area contributed by atoms with Crippen LogP contribution in [0.2, 0.25) is 10.0 Å². The largest absolute Gasteiger partial charge is 0.493 e. The third-order valence-corrected chi connectivity index (χ3v) is 7.99. The molecule has 38 heavy (non-hydrogen) atoms. The van der Waals surface area contributed by atoms with Crippen molar-refractivity contribution in [3.8, 4) is 17.7 Å². The summed E-state index contributed by atoms with van der Waals surface area (Å²) in [6.45, 7) is 4.77. The molecule has 1 atom stereocenters. The number of quaternary nitrogens is 1. The van der Waals surface area contributed by atoms with Gasteiger partial charge in [-0.05, 0) is 30.7 Å². The Kier molecular flexibility index (Phi) is 8.09. The highest BCUT2D eigenvalue weighted by Crippen LogP contribution is 2.38. The minimum Gasteiger partial charge on any atom is -0.493 e.